The summed E-state index contributed by atoms with van der Waals surface area (Å²) in [5, 5.41) is 11.3. The van der Waals surface area contributed by atoms with Crippen molar-refractivity contribution in [3.63, 3.8) is 0 Å². The summed E-state index contributed by atoms with van der Waals surface area (Å²) in [6.07, 6.45) is 1.61. The Kier molecular flexibility index (Phi) is 6.47. The Labute approximate surface area is 72.9 Å². The molecule has 0 aliphatic heterocycles. The van der Waals surface area contributed by atoms with Crippen LogP contribution in [0.5, 0.6) is 0 Å². The highest BCUT2D eigenvalue weighted by Crippen LogP contribution is 2.00. The van der Waals surface area contributed by atoms with Gasteiger partial charge in [0.2, 0.25) is 0 Å². The van der Waals surface area contributed by atoms with Crippen molar-refractivity contribution in [1.82, 2.24) is 5.32 Å². The molecule has 0 saturated carbocycles. The molecule has 0 saturated heterocycles. The molecule has 0 amide bonds. The lowest BCUT2D eigenvalue weighted by Crippen LogP contribution is -2.24. The van der Waals surface area contributed by atoms with Gasteiger partial charge in [-0.25, -0.2) is 4.79 Å². The molecule has 0 aliphatic rings. The lowest BCUT2D eigenvalue weighted by atomic mass is 10.1. The molecule has 1 atom stereocenters. The highest BCUT2D eigenvalue weighted by atomic mass is 16.7. The molecular weight excluding hydrogens is 158 g/mol. The molecule has 4 nitrogen and oxygen atoms in total. The number of hydrogen-bond donors (Lipinski definition) is 2. The van der Waals surface area contributed by atoms with E-state index >= 15 is 0 Å². The van der Waals surface area contributed by atoms with Gasteiger partial charge in [0.05, 0.1) is 6.61 Å². The van der Waals surface area contributed by atoms with Gasteiger partial charge in [-0.3, -0.25) is 0 Å². The summed E-state index contributed by atoms with van der Waals surface area (Å²) < 4.78 is 4.37. The van der Waals surface area contributed by atoms with Gasteiger partial charge in [-0.05, 0) is 26.3 Å². The Hall–Kier alpha value is -0.770. The number of rotatable bonds is 6. The third kappa shape index (κ3) is 5.97. The van der Waals surface area contributed by atoms with Crippen molar-refractivity contribution in [3.8, 4) is 0 Å². The monoisotopic (exact) mass is 175 g/mol. The Morgan fingerprint density at radius 1 is 1.67 bits per heavy atom. The maximum atomic E-state index is 9.95. The van der Waals surface area contributed by atoms with E-state index in [1.807, 2.05) is 7.05 Å². The SMILES string of the molecule is CCC(CCCOC(=O)O)NC. The van der Waals surface area contributed by atoms with Gasteiger partial charge in [0.25, 0.3) is 0 Å². The fraction of sp³-hybridized carbons (Fsp3) is 0.875. The zero-order valence-corrected chi connectivity index (χ0v) is 7.67. The first-order valence-corrected chi connectivity index (χ1v) is 4.23. The summed E-state index contributed by atoms with van der Waals surface area (Å²) in [5.74, 6) is 0. The third-order valence-corrected chi connectivity index (χ3v) is 1.82. The molecule has 0 aromatic rings. The van der Waals surface area contributed by atoms with Crippen LogP contribution in [0.15, 0.2) is 0 Å². The quantitative estimate of drug-likeness (QED) is 0.474. The van der Waals surface area contributed by atoms with Crippen LogP contribution >= 0.6 is 0 Å². The van der Waals surface area contributed by atoms with Gasteiger partial charge in [-0.1, -0.05) is 6.92 Å². The van der Waals surface area contributed by atoms with E-state index in [0.717, 1.165) is 19.3 Å². The van der Waals surface area contributed by atoms with Crippen LogP contribution in [0.25, 0.3) is 0 Å². The van der Waals surface area contributed by atoms with Crippen LogP contribution in [0.4, 0.5) is 4.79 Å². The van der Waals surface area contributed by atoms with Gasteiger partial charge in [0.1, 0.15) is 0 Å². The number of carboxylic acid groups (broad SMARTS) is 1. The summed E-state index contributed by atoms with van der Waals surface area (Å²) in [6, 6.07) is 0.474. The molecule has 0 heterocycles. The van der Waals surface area contributed by atoms with Crippen molar-refractivity contribution in [2.75, 3.05) is 13.7 Å². The van der Waals surface area contributed by atoms with Gasteiger partial charge >= 0.3 is 6.16 Å². The minimum atomic E-state index is -1.19. The van der Waals surface area contributed by atoms with Gasteiger partial charge < -0.3 is 15.2 Å². The zero-order valence-electron chi connectivity index (χ0n) is 7.67. The molecule has 0 aliphatic carbocycles. The van der Waals surface area contributed by atoms with Crippen LogP contribution in [0, 0.1) is 0 Å². The summed E-state index contributed by atoms with van der Waals surface area (Å²) in [7, 11) is 1.91. The Balaban J connectivity index is 3.23. The molecular formula is C8H17NO3. The van der Waals surface area contributed by atoms with Gasteiger partial charge in [-0.2, -0.15) is 0 Å². The second-order valence-corrected chi connectivity index (χ2v) is 2.65. The molecule has 72 valence electrons. The molecule has 0 fully saturated rings. The van der Waals surface area contributed by atoms with Crippen molar-refractivity contribution >= 4 is 6.16 Å². The third-order valence-electron chi connectivity index (χ3n) is 1.82. The maximum Gasteiger partial charge on any atom is 0.505 e. The van der Waals surface area contributed by atoms with Gasteiger partial charge in [-0.15, -0.1) is 0 Å². The Morgan fingerprint density at radius 2 is 2.33 bits per heavy atom. The second kappa shape index (κ2) is 6.91. The van der Waals surface area contributed by atoms with Crippen LogP contribution in [0.2, 0.25) is 0 Å². The first-order chi connectivity index (χ1) is 5.70. The predicted octanol–water partition coefficient (Wildman–Crippen LogP) is 1.46. The van der Waals surface area contributed by atoms with E-state index in [9.17, 15) is 4.79 Å². The minimum absolute atomic E-state index is 0.299. The summed E-state index contributed by atoms with van der Waals surface area (Å²) in [4.78, 5) is 9.95. The normalized spacial score (nSPS) is 12.5. The average Bonchev–Trinajstić information content (AvgIpc) is 2.04. The van der Waals surface area contributed by atoms with Crippen molar-refractivity contribution < 1.29 is 14.6 Å². The molecule has 1 unspecified atom stereocenters. The summed E-state index contributed by atoms with van der Waals surface area (Å²) in [6.45, 7) is 2.40. The van der Waals surface area contributed by atoms with Crippen molar-refractivity contribution in [3.05, 3.63) is 0 Å². The lowest BCUT2D eigenvalue weighted by Gasteiger charge is -2.12. The molecule has 12 heavy (non-hydrogen) atoms. The molecule has 0 aromatic heterocycles. The van der Waals surface area contributed by atoms with Crippen LogP contribution < -0.4 is 5.32 Å². The highest BCUT2D eigenvalue weighted by molar-refractivity contribution is 5.56. The van der Waals surface area contributed by atoms with Crippen LogP contribution in [0.3, 0.4) is 0 Å². The standard InChI is InChI=1S/C8H17NO3/c1-3-7(9-2)5-4-6-12-8(10)11/h7,9H,3-6H2,1-2H3,(H,10,11). The lowest BCUT2D eigenvalue weighted by molar-refractivity contribution is 0.0893. The Bertz CT molecular complexity index is 123. The first-order valence-electron chi connectivity index (χ1n) is 4.23. The average molecular weight is 175 g/mol. The van der Waals surface area contributed by atoms with E-state index in [0.29, 0.717) is 12.6 Å². The molecule has 0 spiro atoms. The van der Waals surface area contributed by atoms with E-state index in [1.165, 1.54) is 0 Å². The topological polar surface area (TPSA) is 58.6 Å². The molecule has 0 aromatic carbocycles. The number of ether oxygens (including phenoxy) is 1. The number of nitrogens with one attached hydrogen (secondary N) is 1. The van der Waals surface area contributed by atoms with Crippen molar-refractivity contribution in [2.24, 2.45) is 0 Å². The predicted molar refractivity (Wildman–Crippen MR) is 46.3 cm³/mol. The molecule has 0 radical (unpaired) electrons. The van der Waals surface area contributed by atoms with E-state index in [2.05, 4.69) is 17.0 Å². The fourth-order valence-electron chi connectivity index (χ4n) is 1.04. The molecule has 4 heteroatoms. The van der Waals surface area contributed by atoms with E-state index in [1.54, 1.807) is 0 Å². The van der Waals surface area contributed by atoms with E-state index < -0.39 is 6.16 Å². The first kappa shape index (κ1) is 11.2. The number of carbonyl (C=O) groups is 1. The van der Waals surface area contributed by atoms with Crippen molar-refractivity contribution in [2.45, 2.75) is 32.2 Å². The minimum Gasteiger partial charge on any atom is -0.450 e. The van der Waals surface area contributed by atoms with Gasteiger partial charge in [0.15, 0.2) is 0 Å². The van der Waals surface area contributed by atoms with E-state index in [4.69, 9.17) is 5.11 Å². The highest BCUT2D eigenvalue weighted by Gasteiger charge is 2.02. The van der Waals surface area contributed by atoms with E-state index in [-0.39, 0.29) is 0 Å². The molecule has 0 bridgehead atoms. The zero-order chi connectivity index (χ0) is 9.40. The summed E-state index contributed by atoms with van der Waals surface area (Å²) >= 11 is 0. The molecule has 0 rings (SSSR count). The Morgan fingerprint density at radius 3 is 2.75 bits per heavy atom. The largest absolute Gasteiger partial charge is 0.505 e. The molecule has 2 N–H and O–H groups in total. The van der Waals surface area contributed by atoms with Gasteiger partial charge in [0, 0.05) is 6.04 Å². The maximum absolute atomic E-state index is 9.95. The van der Waals surface area contributed by atoms with Crippen LogP contribution in [0.1, 0.15) is 26.2 Å². The number of hydrogen-bond acceptors (Lipinski definition) is 3. The van der Waals surface area contributed by atoms with Crippen LogP contribution in [-0.2, 0) is 4.74 Å². The van der Waals surface area contributed by atoms with Crippen LogP contribution in [-0.4, -0.2) is 31.0 Å². The smallest absolute Gasteiger partial charge is 0.450 e. The van der Waals surface area contributed by atoms with Crippen molar-refractivity contribution in [1.29, 1.82) is 0 Å². The summed E-state index contributed by atoms with van der Waals surface area (Å²) in [5.41, 5.74) is 0. The fourth-order valence-corrected chi connectivity index (χ4v) is 1.04. The second-order valence-electron chi connectivity index (χ2n) is 2.65.